The van der Waals surface area contributed by atoms with Crippen LogP contribution in [0.3, 0.4) is 0 Å². The van der Waals surface area contributed by atoms with Crippen LogP contribution in [0.2, 0.25) is 0 Å². The topological polar surface area (TPSA) is 65.8 Å². The van der Waals surface area contributed by atoms with Gasteiger partial charge in [-0.1, -0.05) is 6.92 Å². The van der Waals surface area contributed by atoms with Crippen LogP contribution in [0.5, 0.6) is 0 Å². The summed E-state index contributed by atoms with van der Waals surface area (Å²) in [5.74, 6) is 0.423. The Bertz CT molecular complexity index is 1100. The van der Waals surface area contributed by atoms with Gasteiger partial charge in [-0.05, 0) is 85.5 Å². The molecule has 2 aromatic carbocycles. The second kappa shape index (κ2) is 8.62. The Kier molecular flexibility index (Phi) is 5.76. The van der Waals surface area contributed by atoms with Crippen LogP contribution in [0.4, 0.5) is 10.1 Å². The molecule has 5 heteroatoms. The molecule has 0 spiro atoms. The van der Waals surface area contributed by atoms with Gasteiger partial charge in [-0.15, -0.1) is 0 Å². The van der Waals surface area contributed by atoms with E-state index in [9.17, 15) is 9.18 Å². The molecule has 1 heterocycles. The molecule has 0 unspecified atom stereocenters. The van der Waals surface area contributed by atoms with Crippen LogP contribution >= 0.6 is 0 Å². The lowest BCUT2D eigenvalue weighted by molar-refractivity contribution is -0.121. The van der Waals surface area contributed by atoms with Gasteiger partial charge in [0.05, 0.1) is 17.1 Å². The Morgan fingerprint density at radius 1 is 1.13 bits per heavy atom. The molecule has 4 rings (SSSR count). The van der Waals surface area contributed by atoms with Crippen molar-refractivity contribution in [3.63, 3.8) is 0 Å². The highest BCUT2D eigenvalue weighted by molar-refractivity contribution is 5.92. The highest BCUT2D eigenvalue weighted by Crippen LogP contribution is 2.40. The Balaban J connectivity index is 1.39. The molecule has 1 aliphatic carbocycles. The van der Waals surface area contributed by atoms with Gasteiger partial charge >= 0.3 is 0 Å². The largest absolute Gasteiger partial charge is 0.326 e. The summed E-state index contributed by atoms with van der Waals surface area (Å²) in [5, 5.41) is 12.9. The van der Waals surface area contributed by atoms with Crippen LogP contribution in [0.15, 0.2) is 54.7 Å². The van der Waals surface area contributed by atoms with Gasteiger partial charge in [0, 0.05) is 29.3 Å². The molecule has 0 bridgehead atoms. The fraction of sp³-hybridized carbons (Fsp3) is 0.320. The molecule has 1 saturated carbocycles. The molecule has 152 valence electrons. The molecule has 1 aromatic heterocycles. The highest BCUT2D eigenvalue weighted by Gasteiger charge is 2.30. The van der Waals surface area contributed by atoms with Gasteiger partial charge in [0.2, 0.25) is 5.91 Å². The summed E-state index contributed by atoms with van der Waals surface area (Å²) in [4.78, 5) is 17.0. The maximum absolute atomic E-state index is 13.5. The number of halogens is 1. The van der Waals surface area contributed by atoms with Gasteiger partial charge in [0.1, 0.15) is 5.82 Å². The van der Waals surface area contributed by atoms with E-state index in [1.807, 2.05) is 19.1 Å². The number of benzene rings is 2. The third-order valence-corrected chi connectivity index (χ3v) is 6.35. The minimum absolute atomic E-state index is 0.0213. The predicted molar refractivity (Wildman–Crippen MR) is 115 cm³/mol. The van der Waals surface area contributed by atoms with Crippen LogP contribution in [0, 0.1) is 29.0 Å². The molecule has 1 atom stereocenters. The number of fused-ring (bicyclic) bond motifs is 1. The zero-order valence-electron chi connectivity index (χ0n) is 16.9. The lowest BCUT2D eigenvalue weighted by Gasteiger charge is -2.32. The number of aromatic nitrogens is 1. The van der Waals surface area contributed by atoms with E-state index in [1.165, 1.54) is 17.7 Å². The van der Waals surface area contributed by atoms with Crippen molar-refractivity contribution in [2.24, 2.45) is 11.8 Å². The predicted octanol–water partition coefficient (Wildman–Crippen LogP) is 5.79. The third kappa shape index (κ3) is 4.18. The first-order chi connectivity index (χ1) is 14.5. The van der Waals surface area contributed by atoms with Gasteiger partial charge < -0.3 is 5.32 Å². The van der Waals surface area contributed by atoms with E-state index < -0.39 is 0 Å². The zero-order valence-corrected chi connectivity index (χ0v) is 16.9. The van der Waals surface area contributed by atoms with Crippen molar-refractivity contribution in [1.82, 2.24) is 4.98 Å². The number of rotatable bonds is 4. The second-order valence-electron chi connectivity index (χ2n) is 8.14. The quantitative estimate of drug-likeness (QED) is 0.601. The van der Waals surface area contributed by atoms with Crippen molar-refractivity contribution < 1.29 is 9.18 Å². The average molecular weight is 401 g/mol. The smallest absolute Gasteiger partial charge is 0.227 e. The summed E-state index contributed by atoms with van der Waals surface area (Å²) in [7, 11) is 0. The van der Waals surface area contributed by atoms with E-state index in [1.54, 1.807) is 30.5 Å². The first kappa shape index (κ1) is 20.0. The molecular weight excluding hydrogens is 377 g/mol. The number of hydrogen-bond acceptors (Lipinski definition) is 3. The molecule has 0 radical (unpaired) electrons. The minimum atomic E-state index is -0.266. The summed E-state index contributed by atoms with van der Waals surface area (Å²) in [5.41, 5.74) is 3.22. The van der Waals surface area contributed by atoms with E-state index in [2.05, 4.69) is 16.4 Å². The van der Waals surface area contributed by atoms with Gasteiger partial charge in [-0.25, -0.2) is 4.39 Å². The zero-order chi connectivity index (χ0) is 21.1. The second-order valence-corrected chi connectivity index (χ2v) is 8.14. The molecule has 1 N–H and O–H groups in total. The van der Waals surface area contributed by atoms with Gasteiger partial charge in [0.15, 0.2) is 0 Å². The fourth-order valence-electron chi connectivity index (χ4n) is 4.53. The highest BCUT2D eigenvalue weighted by atomic mass is 19.1. The Morgan fingerprint density at radius 2 is 1.87 bits per heavy atom. The standard InChI is InChI=1S/C25H24FN3O/c1-16(25(30)29-21-9-2-17(15-27)3-10-21)18-4-6-19(7-5-18)22-12-13-28-24-14-20(26)8-11-23(22)24/h2-3,8-14,16,18-19H,4-7H2,1H3,(H,29,30)/t16-,18-,19+/m1/s1. The van der Waals surface area contributed by atoms with E-state index in [4.69, 9.17) is 5.26 Å². The fourth-order valence-corrected chi connectivity index (χ4v) is 4.53. The van der Waals surface area contributed by atoms with Crippen molar-refractivity contribution in [2.75, 3.05) is 5.32 Å². The number of amides is 1. The van der Waals surface area contributed by atoms with E-state index in [0.29, 0.717) is 22.9 Å². The van der Waals surface area contributed by atoms with Crippen LogP contribution < -0.4 is 5.32 Å². The lowest BCUT2D eigenvalue weighted by atomic mass is 9.73. The summed E-state index contributed by atoms with van der Waals surface area (Å²) in [6.07, 6.45) is 5.75. The Hall–Kier alpha value is -3.26. The molecule has 30 heavy (non-hydrogen) atoms. The summed E-state index contributed by atoms with van der Waals surface area (Å²) in [6, 6.07) is 15.9. The molecule has 4 nitrogen and oxygen atoms in total. The van der Waals surface area contributed by atoms with E-state index >= 15 is 0 Å². The summed E-state index contributed by atoms with van der Waals surface area (Å²) >= 11 is 0. The number of nitrogens with one attached hydrogen (secondary N) is 1. The number of anilines is 1. The average Bonchev–Trinajstić information content (AvgIpc) is 2.78. The molecule has 1 fully saturated rings. The molecule has 1 aliphatic rings. The number of pyridine rings is 1. The lowest BCUT2D eigenvalue weighted by Crippen LogP contribution is -2.29. The number of nitrogens with zero attached hydrogens (tertiary/aromatic N) is 2. The molecule has 0 aliphatic heterocycles. The van der Waals surface area contributed by atoms with Crippen molar-refractivity contribution in [2.45, 2.75) is 38.5 Å². The van der Waals surface area contributed by atoms with Crippen LogP contribution in [0.25, 0.3) is 10.9 Å². The first-order valence-electron chi connectivity index (χ1n) is 10.4. The summed E-state index contributed by atoms with van der Waals surface area (Å²) < 4.78 is 13.5. The number of nitriles is 1. The van der Waals surface area contributed by atoms with E-state index in [-0.39, 0.29) is 17.6 Å². The van der Waals surface area contributed by atoms with Crippen molar-refractivity contribution >= 4 is 22.5 Å². The van der Waals surface area contributed by atoms with Crippen molar-refractivity contribution in [3.05, 3.63) is 71.7 Å². The Labute approximate surface area is 175 Å². The third-order valence-electron chi connectivity index (χ3n) is 6.35. The number of carbonyl (C=O) groups is 1. The van der Waals surface area contributed by atoms with Crippen LogP contribution in [-0.2, 0) is 4.79 Å². The molecule has 1 amide bonds. The van der Waals surface area contributed by atoms with Gasteiger partial charge in [-0.3, -0.25) is 9.78 Å². The Morgan fingerprint density at radius 3 is 2.57 bits per heavy atom. The number of carbonyl (C=O) groups excluding carboxylic acids is 1. The minimum Gasteiger partial charge on any atom is -0.326 e. The normalized spacial score (nSPS) is 19.8. The van der Waals surface area contributed by atoms with E-state index in [0.717, 1.165) is 36.8 Å². The van der Waals surface area contributed by atoms with Crippen molar-refractivity contribution in [1.29, 1.82) is 5.26 Å². The summed E-state index contributed by atoms with van der Waals surface area (Å²) in [6.45, 7) is 1.99. The SMILES string of the molecule is C[C@@H](C(=O)Nc1ccc(C#N)cc1)[C@H]1CC[C@@H](c2ccnc3cc(F)ccc32)CC1. The van der Waals surface area contributed by atoms with Crippen molar-refractivity contribution in [3.8, 4) is 6.07 Å². The molecule has 3 aromatic rings. The number of hydrogen-bond donors (Lipinski definition) is 1. The van der Waals surface area contributed by atoms with Gasteiger partial charge in [-0.2, -0.15) is 5.26 Å². The molecule has 0 saturated heterocycles. The maximum Gasteiger partial charge on any atom is 0.227 e. The first-order valence-corrected chi connectivity index (χ1v) is 10.4. The van der Waals surface area contributed by atoms with Crippen LogP contribution in [0.1, 0.15) is 49.7 Å². The maximum atomic E-state index is 13.5. The molecular formula is C25H24FN3O. The monoisotopic (exact) mass is 401 g/mol. The van der Waals surface area contributed by atoms with Gasteiger partial charge in [0.25, 0.3) is 0 Å². The van der Waals surface area contributed by atoms with Crippen LogP contribution in [-0.4, -0.2) is 10.9 Å².